The quantitative estimate of drug-likeness (QED) is 0.747. The van der Waals surface area contributed by atoms with Crippen molar-refractivity contribution in [3.8, 4) is 0 Å². The molecule has 0 aromatic carbocycles. The minimum Gasteiger partial charge on any atom is -0.397 e. The van der Waals surface area contributed by atoms with Crippen LogP contribution in [0, 0.1) is 0 Å². The van der Waals surface area contributed by atoms with Crippen molar-refractivity contribution in [3.63, 3.8) is 0 Å². The molecule has 2 N–H and O–H groups in total. The van der Waals surface area contributed by atoms with Gasteiger partial charge in [0.2, 0.25) is 0 Å². The molecule has 1 saturated carbocycles. The number of aromatic nitrogens is 1. The molecular weight excluding hydrogens is 162 g/mol. The molecule has 0 spiro atoms. The maximum Gasteiger partial charge on any atom is 0.0786 e. The van der Waals surface area contributed by atoms with Gasteiger partial charge in [-0.15, -0.1) is 0 Å². The molecule has 1 aromatic heterocycles. The Morgan fingerprint density at radius 3 is 2.85 bits per heavy atom. The summed E-state index contributed by atoms with van der Waals surface area (Å²) in [6, 6.07) is 2.52. The zero-order valence-electron chi connectivity index (χ0n) is 7.90. The fourth-order valence-corrected chi connectivity index (χ4v) is 1.66. The Labute approximate surface area is 78.6 Å². The zero-order chi connectivity index (χ0) is 9.26. The van der Waals surface area contributed by atoms with Crippen LogP contribution in [0.15, 0.2) is 18.5 Å². The van der Waals surface area contributed by atoms with Crippen molar-refractivity contribution in [3.05, 3.63) is 18.5 Å². The van der Waals surface area contributed by atoms with Crippen LogP contribution >= 0.6 is 0 Å². The van der Waals surface area contributed by atoms with Crippen molar-refractivity contribution < 1.29 is 0 Å². The highest BCUT2D eigenvalue weighted by atomic mass is 15.2. The van der Waals surface area contributed by atoms with Gasteiger partial charge in [0.25, 0.3) is 0 Å². The molecule has 2 rings (SSSR count). The molecule has 3 nitrogen and oxygen atoms in total. The predicted octanol–water partition coefficient (Wildman–Crippen LogP) is 1.65. The fourth-order valence-electron chi connectivity index (χ4n) is 1.66. The molecule has 0 unspecified atom stereocenters. The maximum absolute atomic E-state index is 5.86. The molecule has 1 aromatic rings. The van der Waals surface area contributed by atoms with E-state index in [1.807, 2.05) is 12.3 Å². The van der Waals surface area contributed by atoms with E-state index in [2.05, 4.69) is 16.9 Å². The van der Waals surface area contributed by atoms with Crippen molar-refractivity contribution >= 4 is 11.4 Å². The number of nitrogen functional groups attached to an aromatic ring is 1. The number of rotatable bonds is 2. The topological polar surface area (TPSA) is 42.2 Å². The van der Waals surface area contributed by atoms with Gasteiger partial charge in [0, 0.05) is 19.3 Å². The molecule has 0 atom stereocenters. The summed E-state index contributed by atoms with van der Waals surface area (Å²) in [6.07, 6.45) is 7.48. The van der Waals surface area contributed by atoms with Crippen LogP contribution in [0.4, 0.5) is 11.4 Å². The van der Waals surface area contributed by atoms with E-state index in [9.17, 15) is 0 Å². The highest BCUT2D eigenvalue weighted by Gasteiger charge is 2.23. The van der Waals surface area contributed by atoms with Gasteiger partial charge >= 0.3 is 0 Å². The van der Waals surface area contributed by atoms with Crippen LogP contribution < -0.4 is 10.6 Å². The Kier molecular flexibility index (Phi) is 2.08. The van der Waals surface area contributed by atoms with Crippen LogP contribution in [-0.4, -0.2) is 18.1 Å². The summed E-state index contributed by atoms with van der Waals surface area (Å²) < 4.78 is 0. The zero-order valence-corrected chi connectivity index (χ0v) is 7.90. The van der Waals surface area contributed by atoms with Crippen LogP contribution in [0.25, 0.3) is 0 Å². The van der Waals surface area contributed by atoms with Gasteiger partial charge in [-0.1, -0.05) is 0 Å². The highest BCUT2D eigenvalue weighted by molar-refractivity contribution is 5.66. The Morgan fingerprint density at radius 2 is 2.31 bits per heavy atom. The lowest BCUT2D eigenvalue weighted by Crippen LogP contribution is -2.37. The third-order valence-corrected chi connectivity index (χ3v) is 2.84. The second-order valence-electron chi connectivity index (χ2n) is 3.63. The Bertz CT molecular complexity index is 294. The highest BCUT2D eigenvalue weighted by Crippen LogP contribution is 2.30. The van der Waals surface area contributed by atoms with Crippen LogP contribution in [0.1, 0.15) is 19.3 Å². The maximum atomic E-state index is 5.86. The van der Waals surface area contributed by atoms with E-state index in [4.69, 9.17) is 5.73 Å². The molecule has 1 aliphatic rings. The second-order valence-corrected chi connectivity index (χ2v) is 3.63. The molecular formula is C10H15N3. The largest absolute Gasteiger partial charge is 0.397 e. The van der Waals surface area contributed by atoms with Gasteiger partial charge in [-0.2, -0.15) is 0 Å². The first-order valence-corrected chi connectivity index (χ1v) is 4.71. The SMILES string of the molecule is CN(c1cnccc1N)C1CCC1. The summed E-state index contributed by atoms with van der Waals surface area (Å²) in [6.45, 7) is 0. The second kappa shape index (κ2) is 3.24. The van der Waals surface area contributed by atoms with Gasteiger partial charge in [-0.05, 0) is 25.3 Å². The van der Waals surface area contributed by atoms with Crippen molar-refractivity contribution in [2.45, 2.75) is 25.3 Å². The minimum atomic E-state index is 0.673. The Hall–Kier alpha value is -1.25. The summed E-state index contributed by atoms with van der Waals surface area (Å²) in [5, 5.41) is 0. The first-order valence-electron chi connectivity index (χ1n) is 4.71. The fraction of sp³-hybridized carbons (Fsp3) is 0.500. The van der Waals surface area contributed by atoms with Crippen LogP contribution in [0.5, 0.6) is 0 Å². The molecule has 0 aliphatic heterocycles. The third kappa shape index (κ3) is 1.46. The van der Waals surface area contributed by atoms with Crippen LogP contribution in [-0.2, 0) is 0 Å². The van der Waals surface area contributed by atoms with Crippen molar-refractivity contribution in [1.29, 1.82) is 0 Å². The van der Waals surface area contributed by atoms with Crippen molar-refractivity contribution in [2.75, 3.05) is 17.7 Å². The Morgan fingerprint density at radius 1 is 1.54 bits per heavy atom. The molecule has 0 amide bonds. The number of pyridine rings is 1. The number of nitrogens with two attached hydrogens (primary N) is 1. The van der Waals surface area contributed by atoms with Gasteiger partial charge in [0.05, 0.1) is 17.6 Å². The van der Waals surface area contributed by atoms with E-state index in [0.717, 1.165) is 11.4 Å². The molecule has 1 aliphatic carbocycles. The molecule has 0 saturated heterocycles. The average molecular weight is 177 g/mol. The predicted molar refractivity (Wildman–Crippen MR) is 54.7 cm³/mol. The van der Waals surface area contributed by atoms with Gasteiger partial charge < -0.3 is 10.6 Å². The van der Waals surface area contributed by atoms with E-state index in [0.29, 0.717) is 6.04 Å². The molecule has 3 heteroatoms. The van der Waals surface area contributed by atoms with Crippen LogP contribution in [0.3, 0.4) is 0 Å². The van der Waals surface area contributed by atoms with Crippen LogP contribution in [0.2, 0.25) is 0 Å². The van der Waals surface area contributed by atoms with Gasteiger partial charge in [-0.3, -0.25) is 4.98 Å². The van der Waals surface area contributed by atoms with Crippen molar-refractivity contribution in [1.82, 2.24) is 4.98 Å². The summed E-state index contributed by atoms with van der Waals surface area (Å²) in [4.78, 5) is 6.33. The van der Waals surface area contributed by atoms with Crippen molar-refractivity contribution in [2.24, 2.45) is 0 Å². The first kappa shape index (κ1) is 8.35. The molecule has 1 heterocycles. The summed E-state index contributed by atoms with van der Waals surface area (Å²) in [5.41, 5.74) is 7.74. The lowest BCUT2D eigenvalue weighted by atomic mass is 9.91. The standard InChI is InChI=1S/C10H15N3/c1-13(8-3-2-4-8)10-7-12-6-5-9(10)11/h5-8H,2-4H2,1H3,(H2,11,12). The third-order valence-electron chi connectivity index (χ3n) is 2.84. The molecule has 1 fully saturated rings. The minimum absolute atomic E-state index is 0.673. The summed E-state index contributed by atoms with van der Waals surface area (Å²) in [5.74, 6) is 0. The van der Waals surface area contributed by atoms with E-state index in [1.165, 1.54) is 19.3 Å². The number of hydrogen-bond acceptors (Lipinski definition) is 3. The number of nitrogens with zero attached hydrogens (tertiary/aromatic N) is 2. The molecule has 70 valence electrons. The van der Waals surface area contributed by atoms with E-state index in [1.54, 1.807) is 6.20 Å². The lowest BCUT2D eigenvalue weighted by Gasteiger charge is -2.36. The van der Waals surface area contributed by atoms with E-state index < -0.39 is 0 Å². The number of anilines is 2. The first-order chi connectivity index (χ1) is 6.29. The normalized spacial score (nSPS) is 16.7. The average Bonchev–Trinajstić information content (AvgIpc) is 2.01. The molecule has 0 bridgehead atoms. The number of hydrogen-bond donors (Lipinski definition) is 1. The van der Waals surface area contributed by atoms with Gasteiger partial charge in [0.1, 0.15) is 0 Å². The van der Waals surface area contributed by atoms with Gasteiger partial charge in [0.15, 0.2) is 0 Å². The van der Waals surface area contributed by atoms with E-state index in [-0.39, 0.29) is 0 Å². The monoisotopic (exact) mass is 177 g/mol. The molecule has 13 heavy (non-hydrogen) atoms. The summed E-state index contributed by atoms with van der Waals surface area (Å²) >= 11 is 0. The Balaban J connectivity index is 2.18. The summed E-state index contributed by atoms with van der Waals surface area (Å²) in [7, 11) is 2.09. The lowest BCUT2D eigenvalue weighted by molar-refractivity contribution is 0.401. The van der Waals surface area contributed by atoms with Gasteiger partial charge in [-0.25, -0.2) is 0 Å². The van der Waals surface area contributed by atoms with E-state index >= 15 is 0 Å². The smallest absolute Gasteiger partial charge is 0.0786 e. The molecule has 0 radical (unpaired) electrons.